The molecule has 5 rings (SSSR count). The molecule has 6 heteroatoms. The Morgan fingerprint density at radius 2 is 2.00 bits per heavy atom. The maximum atomic E-state index is 10.7. The number of fused-ring (bicyclic) bond motifs is 1. The van der Waals surface area contributed by atoms with E-state index in [9.17, 15) is 9.90 Å². The smallest absolute Gasteiger partial charge is 0.298 e. The molecule has 1 spiro atoms. The molecule has 2 aromatic carbocycles. The third-order valence-corrected chi connectivity index (χ3v) is 7.65. The van der Waals surface area contributed by atoms with Gasteiger partial charge >= 0.3 is 0 Å². The minimum atomic E-state index is -0.550. The summed E-state index contributed by atoms with van der Waals surface area (Å²) in [7, 11) is 1.74. The Labute approximate surface area is 194 Å². The molecular weight excluding hydrogens is 416 g/mol. The third kappa shape index (κ3) is 4.02. The molecule has 1 saturated carbocycles. The zero-order chi connectivity index (χ0) is 23.2. The summed E-state index contributed by atoms with van der Waals surface area (Å²) in [6.07, 6.45) is 5.78. The van der Waals surface area contributed by atoms with Gasteiger partial charge in [0.15, 0.2) is 0 Å². The summed E-state index contributed by atoms with van der Waals surface area (Å²) in [5, 5.41) is 11.7. The molecule has 0 unspecified atom stereocenters. The van der Waals surface area contributed by atoms with Crippen molar-refractivity contribution in [1.29, 1.82) is 0 Å². The number of piperidine rings is 1. The zero-order valence-electron chi connectivity index (χ0n) is 19.6. The van der Waals surface area contributed by atoms with Crippen LogP contribution in [-0.4, -0.2) is 40.7 Å². The lowest BCUT2D eigenvalue weighted by Gasteiger charge is -2.58. The molecule has 174 valence electrons. The first-order chi connectivity index (χ1) is 15.8. The van der Waals surface area contributed by atoms with E-state index in [1.54, 1.807) is 7.11 Å². The van der Waals surface area contributed by atoms with Gasteiger partial charge in [-0.2, -0.15) is 0 Å². The fraction of sp³-hybridized carbons (Fsp3) is 0.444. The highest BCUT2D eigenvalue weighted by Gasteiger charge is 2.54. The minimum absolute atomic E-state index is 0.184. The minimum Gasteiger partial charge on any atom is -0.496 e. The van der Waals surface area contributed by atoms with Crippen molar-refractivity contribution in [2.24, 2.45) is 5.41 Å². The Hall–Kier alpha value is -2.83. The first kappa shape index (κ1) is 22.0. The van der Waals surface area contributed by atoms with Crippen LogP contribution < -0.4 is 9.47 Å². The number of carbonyl (C=O) groups is 1. The van der Waals surface area contributed by atoms with E-state index >= 15 is 0 Å². The average molecular weight is 449 g/mol. The average Bonchev–Trinajstić information content (AvgIpc) is 3.27. The number of hydrogen-bond donors (Lipinski definition) is 2. The van der Waals surface area contributed by atoms with E-state index in [1.807, 2.05) is 25.3 Å². The van der Waals surface area contributed by atoms with Crippen molar-refractivity contribution in [2.75, 3.05) is 13.7 Å². The van der Waals surface area contributed by atoms with Gasteiger partial charge < -0.3 is 19.6 Å². The number of H-pyrrole nitrogens is 1. The molecule has 2 N–H and O–H groups in total. The molecular formula is C27H32N2O4. The summed E-state index contributed by atoms with van der Waals surface area (Å²) in [5.41, 5.74) is 4.36. The summed E-state index contributed by atoms with van der Waals surface area (Å²) in [6.45, 7) is 6.24. The lowest BCUT2D eigenvalue weighted by atomic mass is 9.54. The number of rotatable bonds is 6. The van der Waals surface area contributed by atoms with E-state index in [2.05, 4.69) is 41.1 Å². The van der Waals surface area contributed by atoms with Gasteiger partial charge in [-0.25, -0.2) is 0 Å². The molecule has 2 aliphatic rings. The van der Waals surface area contributed by atoms with E-state index in [0.717, 1.165) is 50.0 Å². The molecule has 0 bridgehead atoms. The van der Waals surface area contributed by atoms with Gasteiger partial charge in [0.2, 0.25) is 0 Å². The second kappa shape index (κ2) is 8.19. The van der Waals surface area contributed by atoms with Crippen molar-refractivity contribution in [3.05, 3.63) is 59.3 Å². The molecule has 0 radical (unpaired) electrons. The quantitative estimate of drug-likeness (QED) is 0.525. The van der Waals surface area contributed by atoms with Gasteiger partial charge in [-0.05, 0) is 86.9 Å². The van der Waals surface area contributed by atoms with E-state index in [4.69, 9.17) is 9.47 Å². The van der Waals surface area contributed by atoms with Crippen molar-refractivity contribution in [3.63, 3.8) is 0 Å². The van der Waals surface area contributed by atoms with Crippen LogP contribution in [0.15, 0.2) is 42.6 Å². The van der Waals surface area contributed by atoms with Crippen molar-refractivity contribution >= 4 is 17.4 Å². The molecule has 1 aliphatic carbocycles. The van der Waals surface area contributed by atoms with Crippen LogP contribution in [0.2, 0.25) is 0 Å². The number of likely N-dealkylation sites (tertiary alicyclic amines) is 1. The molecule has 1 aliphatic heterocycles. The predicted octanol–water partition coefficient (Wildman–Crippen LogP) is 4.89. The summed E-state index contributed by atoms with van der Waals surface area (Å²) >= 11 is 0. The Balaban J connectivity index is 1.49. The summed E-state index contributed by atoms with van der Waals surface area (Å²) in [4.78, 5) is 16.6. The maximum absolute atomic E-state index is 10.7. The number of ether oxygens (including phenoxy) is 2. The number of aryl methyl sites for hydroxylation is 1. The lowest BCUT2D eigenvalue weighted by Crippen LogP contribution is -2.55. The molecule has 1 aromatic heterocycles. The molecule has 1 saturated heterocycles. The number of aliphatic hydroxyl groups is 1. The van der Waals surface area contributed by atoms with Gasteiger partial charge in [0, 0.05) is 35.2 Å². The number of carbonyl (C=O) groups excluding carboxylic acids is 1. The van der Waals surface area contributed by atoms with Gasteiger partial charge in [-0.3, -0.25) is 9.69 Å². The van der Waals surface area contributed by atoms with E-state index < -0.39 is 5.60 Å². The summed E-state index contributed by atoms with van der Waals surface area (Å²) < 4.78 is 10.8. The van der Waals surface area contributed by atoms with E-state index in [1.165, 1.54) is 22.1 Å². The topological polar surface area (TPSA) is 74.8 Å². The van der Waals surface area contributed by atoms with Crippen molar-refractivity contribution in [1.82, 2.24) is 9.88 Å². The van der Waals surface area contributed by atoms with Gasteiger partial charge in [0.05, 0.1) is 12.7 Å². The fourth-order valence-corrected chi connectivity index (χ4v) is 6.39. The standard InChI is InChI=1S/C27H32N2O4/c1-18-12-24(32-3)22(21-8-10-28-25(18)21)14-29-11-9-27(15-26(2,31)16-27)13-23(29)19-4-6-20(7-5-19)33-17-30/h4-8,10,12,17,23,28,31H,9,11,13-16H2,1-3H3/t23-,26?,27?/m1/s1. The molecule has 2 fully saturated rings. The van der Waals surface area contributed by atoms with Crippen molar-refractivity contribution in [2.45, 2.75) is 57.7 Å². The second-order valence-electron chi connectivity index (χ2n) is 10.2. The number of hydrogen-bond acceptors (Lipinski definition) is 5. The van der Waals surface area contributed by atoms with Crippen LogP contribution in [0.5, 0.6) is 11.5 Å². The highest BCUT2D eigenvalue weighted by atomic mass is 16.5. The molecule has 0 amide bonds. The summed E-state index contributed by atoms with van der Waals surface area (Å²) in [5.74, 6) is 1.46. The molecule has 2 heterocycles. The fourth-order valence-electron chi connectivity index (χ4n) is 6.39. The highest BCUT2D eigenvalue weighted by molar-refractivity contribution is 5.88. The highest BCUT2D eigenvalue weighted by Crippen LogP contribution is 2.58. The van der Waals surface area contributed by atoms with Gasteiger partial charge in [0.25, 0.3) is 6.47 Å². The van der Waals surface area contributed by atoms with Crippen LogP contribution >= 0.6 is 0 Å². The largest absolute Gasteiger partial charge is 0.496 e. The van der Waals surface area contributed by atoms with Crippen molar-refractivity contribution < 1.29 is 19.4 Å². The molecule has 3 aromatic rings. The van der Waals surface area contributed by atoms with Crippen molar-refractivity contribution in [3.8, 4) is 11.5 Å². The van der Waals surface area contributed by atoms with E-state index in [0.29, 0.717) is 12.2 Å². The number of nitrogens with one attached hydrogen (secondary N) is 1. The van der Waals surface area contributed by atoms with Crippen LogP contribution in [0.3, 0.4) is 0 Å². The number of aromatic amines is 1. The Bertz CT molecular complexity index is 1160. The van der Waals surface area contributed by atoms with Crippen LogP contribution in [0.25, 0.3) is 10.9 Å². The molecule has 1 atom stereocenters. The number of benzene rings is 2. The van der Waals surface area contributed by atoms with Gasteiger partial charge in [0.1, 0.15) is 11.5 Å². The van der Waals surface area contributed by atoms with Crippen LogP contribution in [0.1, 0.15) is 55.3 Å². The number of methoxy groups -OCH3 is 1. The second-order valence-corrected chi connectivity index (χ2v) is 10.2. The van der Waals surface area contributed by atoms with Crippen LogP contribution in [-0.2, 0) is 11.3 Å². The van der Waals surface area contributed by atoms with Gasteiger partial charge in [-0.1, -0.05) is 12.1 Å². The lowest BCUT2D eigenvalue weighted by molar-refractivity contribution is -0.148. The SMILES string of the molecule is COc1cc(C)c2[nH]ccc2c1CN1CCC2(C[C@@H]1c1ccc(OC=O)cc1)CC(C)(O)C2. The van der Waals surface area contributed by atoms with Gasteiger partial charge in [-0.15, -0.1) is 0 Å². The first-order valence-electron chi connectivity index (χ1n) is 11.6. The molecule has 33 heavy (non-hydrogen) atoms. The van der Waals surface area contributed by atoms with Crippen LogP contribution in [0, 0.1) is 12.3 Å². The summed E-state index contributed by atoms with van der Waals surface area (Å²) in [6, 6.07) is 12.3. The maximum Gasteiger partial charge on any atom is 0.298 e. The Morgan fingerprint density at radius 3 is 2.67 bits per heavy atom. The number of aromatic nitrogens is 1. The first-order valence-corrected chi connectivity index (χ1v) is 11.6. The predicted molar refractivity (Wildman–Crippen MR) is 127 cm³/mol. The Kier molecular flexibility index (Phi) is 5.46. The van der Waals surface area contributed by atoms with E-state index in [-0.39, 0.29) is 11.5 Å². The monoisotopic (exact) mass is 448 g/mol. The zero-order valence-corrected chi connectivity index (χ0v) is 19.6. The van der Waals surface area contributed by atoms with Crippen LogP contribution in [0.4, 0.5) is 0 Å². The Morgan fingerprint density at radius 1 is 1.24 bits per heavy atom. The number of nitrogens with zero attached hydrogens (tertiary/aromatic N) is 1. The third-order valence-electron chi connectivity index (χ3n) is 7.65. The molecule has 6 nitrogen and oxygen atoms in total. The normalized spacial score (nSPS) is 27.5.